The van der Waals surface area contributed by atoms with E-state index in [4.69, 9.17) is 6.57 Å². The van der Waals surface area contributed by atoms with Gasteiger partial charge in [0.25, 0.3) is 5.70 Å². The smallest absolute Gasteiger partial charge is 0.270 e. The summed E-state index contributed by atoms with van der Waals surface area (Å²) in [5, 5.41) is 19.9. The molecule has 3 aromatic rings. The fourth-order valence-corrected chi connectivity index (χ4v) is 4.89. The molecule has 1 aromatic heterocycles. The van der Waals surface area contributed by atoms with Crippen LogP contribution in [0.15, 0.2) is 114 Å². The van der Waals surface area contributed by atoms with Crippen LogP contribution in [0.2, 0.25) is 0 Å². The van der Waals surface area contributed by atoms with Gasteiger partial charge in [-0.3, -0.25) is 4.98 Å². The Bertz CT molecular complexity index is 1620. The van der Waals surface area contributed by atoms with Gasteiger partial charge in [0.2, 0.25) is 0 Å². The molecule has 0 atom stereocenters. The van der Waals surface area contributed by atoms with E-state index in [1.54, 1.807) is 30.6 Å². The molecule has 6 heteroatoms. The van der Waals surface area contributed by atoms with Gasteiger partial charge in [0.05, 0.1) is 52.0 Å². The summed E-state index contributed by atoms with van der Waals surface area (Å²) in [6, 6.07) is 26.4. The van der Waals surface area contributed by atoms with E-state index in [9.17, 15) is 10.5 Å². The number of quaternary nitrogens is 1. The van der Waals surface area contributed by atoms with Gasteiger partial charge in [0, 0.05) is 41.5 Å². The number of nitrogens with zero attached hydrogens (tertiary/aromatic N) is 6. The van der Waals surface area contributed by atoms with E-state index in [0.717, 1.165) is 58.5 Å². The summed E-state index contributed by atoms with van der Waals surface area (Å²) >= 11 is 0. The molecule has 202 valence electrons. The Hall–Kier alpha value is -5.22. The summed E-state index contributed by atoms with van der Waals surface area (Å²) in [5.74, 6) is 0. The van der Waals surface area contributed by atoms with Crippen LogP contribution in [0.4, 0.5) is 5.69 Å². The van der Waals surface area contributed by atoms with Crippen LogP contribution >= 0.6 is 0 Å². The fraction of sp³-hybridized carbons (Fsp3) is 0.200. The van der Waals surface area contributed by atoms with Crippen LogP contribution in [0, 0.1) is 29.2 Å². The Balaban J connectivity index is 1.85. The van der Waals surface area contributed by atoms with Gasteiger partial charge in [0.1, 0.15) is 0 Å². The van der Waals surface area contributed by atoms with Gasteiger partial charge in [-0.25, -0.2) is 10.1 Å². The fourth-order valence-electron chi connectivity index (χ4n) is 4.89. The summed E-state index contributed by atoms with van der Waals surface area (Å²) in [6.45, 7) is 9.45. The highest BCUT2D eigenvalue weighted by molar-refractivity contribution is 5.92. The number of hydrogen-bond acceptors (Lipinski definition) is 4. The molecule has 0 bridgehead atoms. The number of anilines is 1. The average Bonchev–Trinajstić information content (AvgIpc) is 2.99. The average molecular weight is 538 g/mol. The van der Waals surface area contributed by atoms with E-state index in [1.807, 2.05) is 30.3 Å². The van der Waals surface area contributed by atoms with Crippen LogP contribution in [-0.2, 0) is 0 Å². The van der Waals surface area contributed by atoms with Gasteiger partial charge in [-0.2, -0.15) is 5.26 Å². The lowest BCUT2D eigenvalue weighted by Gasteiger charge is -2.33. The van der Waals surface area contributed by atoms with E-state index in [1.165, 1.54) is 0 Å². The monoisotopic (exact) mass is 537 g/mol. The predicted molar refractivity (Wildman–Crippen MR) is 165 cm³/mol. The van der Waals surface area contributed by atoms with Crippen LogP contribution in [0.5, 0.6) is 0 Å². The lowest BCUT2D eigenvalue weighted by molar-refractivity contribution is -0.870. The first kappa shape index (κ1) is 28.8. The molecule has 4 rings (SSSR count). The predicted octanol–water partition coefficient (Wildman–Crippen LogP) is 7.01. The lowest BCUT2D eigenvalue weighted by atomic mass is 9.91. The minimum absolute atomic E-state index is 0.143. The maximum atomic E-state index is 10.2. The van der Waals surface area contributed by atoms with Crippen molar-refractivity contribution in [2.75, 3.05) is 39.1 Å². The van der Waals surface area contributed by atoms with Gasteiger partial charge < -0.3 is 9.38 Å². The van der Waals surface area contributed by atoms with Crippen molar-refractivity contribution in [1.29, 1.82) is 10.5 Å². The van der Waals surface area contributed by atoms with Crippen LogP contribution < -0.4 is 4.90 Å². The van der Waals surface area contributed by atoms with Crippen molar-refractivity contribution in [3.05, 3.63) is 142 Å². The molecule has 0 aliphatic carbocycles. The number of fused-ring (bicyclic) bond motifs is 1. The van der Waals surface area contributed by atoms with Crippen molar-refractivity contribution in [3.63, 3.8) is 0 Å². The third-order valence-corrected chi connectivity index (χ3v) is 6.85. The molecular weight excluding hydrogens is 504 g/mol. The SMILES string of the molecule is [C-]#[N+]C(C#N)=C(C(C#N)=CC=C1C=C(c2ccccc2)c2ccccc2N1CCCC[N+](C)(C)C)c1cccnc1. The lowest BCUT2D eigenvalue weighted by Crippen LogP contribution is -2.36. The van der Waals surface area contributed by atoms with Crippen molar-refractivity contribution >= 4 is 16.8 Å². The molecule has 0 saturated carbocycles. The molecule has 1 aliphatic heterocycles. The van der Waals surface area contributed by atoms with E-state index in [2.05, 4.69) is 84.4 Å². The molecule has 0 N–H and O–H groups in total. The highest BCUT2D eigenvalue weighted by atomic mass is 15.3. The number of allylic oxidation sites excluding steroid dienone is 6. The first-order valence-corrected chi connectivity index (χ1v) is 13.6. The van der Waals surface area contributed by atoms with Crippen LogP contribution in [0.1, 0.15) is 29.5 Å². The molecule has 0 amide bonds. The second kappa shape index (κ2) is 13.2. The first-order valence-electron chi connectivity index (χ1n) is 13.6. The Kier molecular flexibility index (Phi) is 9.28. The molecule has 0 saturated heterocycles. The summed E-state index contributed by atoms with van der Waals surface area (Å²) in [7, 11) is 6.61. The molecular formula is C35H33N6+. The quantitative estimate of drug-likeness (QED) is 0.0968. The van der Waals surface area contributed by atoms with Crippen molar-refractivity contribution in [2.24, 2.45) is 0 Å². The highest BCUT2D eigenvalue weighted by Crippen LogP contribution is 2.39. The van der Waals surface area contributed by atoms with E-state index >= 15 is 0 Å². The molecule has 0 radical (unpaired) electrons. The summed E-state index contributed by atoms with van der Waals surface area (Å²) < 4.78 is 0.914. The van der Waals surface area contributed by atoms with Gasteiger partial charge >= 0.3 is 0 Å². The normalized spacial score (nSPS) is 14.7. The molecule has 2 aromatic carbocycles. The van der Waals surface area contributed by atoms with Crippen molar-refractivity contribution in [3.8, 4) is 12.1 Å². The van der Waals surface area contributed by atoms with Crippen molar-refractivity contribution in [1.82, 2.24) is 4.98 Å². The van der Waals surface area contributed by atoms with Gasteiger partial charge in [-0.1, -0.05) is 54.6 Å². The zero-order chi connectivity index (χ0) is 29.2. The standard InChI is InChI=1S/C35H33N6/c1-38-33(25-37)35(29-15-12-20-39-26-29)28(24-36)18-19-30-23-32(27-13-6-5-7-14-27)31-16-8-9-17-34(31)40(30)21-10-11-22-41(2,3)4/h5-9,12-20,23,26H,10-11,21-22H2,2-4H3/q+1. The topological polar surface area (TPSA) is 68.1 Å². The molecule has 2 heterocycles. The van der Waals surface area contributed by atoms with Gasteiger partial charge in [-0.05, 0) is 59.9 Å². The largest absolute Gasteiger partial charge is 0.341 e. The molecule has 0 spiro atoms. The van der Waals surface area contributed by atoms with Gasteiger partial charge in [0.15, 0.2) is 0 Å². The maximum absolute atomic E-state index is 10.2. The Labute approximate surface area is 243 Å². The van der Waals surface area contributed by atoms with Gasteiger partial charge in [-0.15, -0.1) is 0 Å². The maximum Gasteiger partial charge on any atom is 0.270 e. The number of rotatable bonds is 9. The number of nitriles is 2. The molecule has 1 aliphatic rings. The number of hydrogen-bond donors (Lipinski definition) is 0. The zero-order valence-electron chi connectivity index (χ0n) is 23.7. The van der Waals surface area contributed by atoms with Crippen LogP contribution in [0.3, 0.4) is 0 Å². The second-order valence-corrected chi connectivity index (χ2v) is 10.8. The molecule has 6 nitrogen and oxygen atoms in total. The number of pyridine rings is 1. The second-order valence-electron chi connectivity index (χ2n) is 10.8. The van der Waals surface area contributed by atoms with Crippen LogP contribution in [0.25, 0.3) is 16.0 Å². The van der Waals surface area contributed by atoms with E-state index in [-0.39, 0.29) is 16.8 Å². The third-order valence-electron chi connectivity index (χ3n) is 6.85. The third kappa shape index (κ3) is 7.06. The summed E-state index contributed by atoms with van der Waals surface area (Å²) in [4.78, 5) is 9.86. The van der Waals surface area contributed by atoms with Crippen molar-refractivity contribution < 1.29 is 4.48 Å². The number of para-hydroxylation sites is 1. The van der Waals surface area contributed by atoms with Crippen molar-refractivity contribution in [2.45, 2.75) is 12.8 Å². The first-order chi connectivity index (χ1) is 19.9. The molecule has 0 unspecified atom stereocenters. The summed E-state index contributed by atoms with van der Waals surface area (Å²) in [6.07, 6.45) is 11.1. The number of aromatic nitrogens is 1. The van der Waals surface area contributed by atoms with Crippen LogP contribution in [-0.4, -0.2) is 43.7 Å². The molecule has 0 fully saturated rings. The zero-order valence-corrected chi connectivity index (χ0v) is 23.7. The Morgan fingerprint density at radius 1 is 0.976 bits per heavy atom. The van der Waals surface area contributed by atoms with E-state index in [0.29, 0.717) is 5.56 Å². The highest BCUT2D eigenvalue weighted by Gasteiger charge is 2.23. The van der Waals surface area contributed by atoms with E-state index < -0.39 is 0 Å². The number of unbranched alkanes of at least 4 members (excludes halogenated alkanes) is 1. The summed E-state index contributed by atoms with van der Waals surface area (Å²) in [5.41, 5.74) is 6.34. The Morgan fingerprint density at radius 2 is 1.73 bits per heavy atom. The minimum atomic E-state index is -0.143. The Morgan fingerprint density at radius 3 is 2.39 bits per heavy atom. The minimum Gasteiger partial charge on any atom is -0.341 e. The number of benzene rings is 2. The molecule has 41 heavy (non-hydrogen) atoms.